The van der Waals surface area contributed by atoms with Gasteiger partial charge in [-0.1, -0.05) is 6.92 Å². The standard InChI is InChI=1S/C10H21NO3S/c1-3-5-11-10(8-15(2,12)13)9-4-6-14-7-9/h9-11H,3-8H2,1-2H3. The Hall–Kier alpha value is -0.130. The Bertz CT molecular complexity index is 270. The van der Waals surface area contributed by atoms with E-state index in [1.807, 2.05) is 0 Å². The molecule has 0 aromatic rings. The van der Waals surface area contributed by atoms with Crippen LogP contribution >= 0.6 is 0 Å². The highest BCUT2D eigenvalue weighted by atomic mass is 32.2. The van der Waals surface area contributed by atoms with Crippen LogP contribution in [0.4, 0.5) is 0 Å². The first-order chi connectivity index (χ1) is 7.03. The van der Waals surface area contributed by atoms with E-state index in [9.17, 15) is 8.42 Å². The van der Waals surface area contributed by atoms with Gasteiger partial charge >= 0.3 is 0 Å². The molecule has 1 N–H and O–H groups in total. The minimum atomic E-state index is -2.91. The lowest BCUT2D eigenvalue weighted by Gasteiger charge is -2.22. The van der Waals surface area contributed by atoms with E-state index >= 15 is 0 Å². The number of sulfone groups is 1. The first-order valence-corrected chi connectivity index (χ1v) is 7.58. The summed E-state index contributed by atoms with van der Waals surface area (Å²) in [7, 11) is -2.91. The maximum atomic E-state index is 11.3. The van der Waals surface area contributed by atoms with Gasteiger partial charge in [-0.05, 0) is 19.4 Å². The summed E-state index contributed by atoms with van der Waals surface area (Å²) >= 11 is 0. The van der Waals surface area contributed by atoms with Crippen molar-refractivity contribution in [1.29, 1.82) is 0 Å². The fourth-order valence-corrected chi connectivity index (χ4v) is 2.93. The van der Waals surface area contributed by atoms with E-state index in [-0.39, 0.29) is 11.8 Å². The Morgan fingerprint density at radius 2 is 2.27 bits per heavy atom. The zero-order valence-corrected chi connectivity index (χ0v) is 10.3. The van der Waals surface area contributed by atoms with Crippen LogP contribution in [0.25, 0.3) is 0 Å². The molecule has 1 saturated heterocycles. The molecule has 0 bridgehead atoms. The van der Waals surface area contributed by atoms with Gasteiger partial charge in [0.05, 0.1) is 12.4 Å². The van der Waals surface area contributed by atoms with Crippen molar-refractivity contribution < 1.29 is 13.2 Å². The van der Waals surface area contributed by atoms with E-state index in [1.165, 1.54) is 6.26 Å². The van der Waals surface area contributed by atoms with Crippen molar-refractivity contribution in [2.75, 3.05) is 31.8 Å². The maximum Gasteiger partial charge on any atom is 0.148 e. The maximum absolute atomic E-state index is 11.3. The summed E-state index contributed by atoms with van der Waals surface area (Å²) in [6.07, 6.45) is 3.29. The summed E-state index contributed by atoms with van der Waals surface area (Å²) in [5.41, 5.74) is 0. The zero-order chi connectivity index (χ0) is 11.3. The Morgan fingerprint density at radius 1 is 1.53 bits per heavy atom. The van der Waals surface area contributed by atoms with Crippen molar-refractivity contribution in [2.45, 2.75) is 25.8 Å². The van der Waals surface area contributed by atoms with Crippen LogP contribution in [-0.2, 0) is 14.6 Å². The summed E-state index contributed by atoms with van der Waals surface area (Å²) in [4.78, 5) is 0. The van der Waals surface area contributed by atoms with Crippen LogP contribution in [0.15, 0.2) is 0 Å². The molecule has 0 aromatic carbocycles. The molecule has 0 aromatic heterocycles. The lowest BCUT2D eigenvalue weighted by Crippen LogP contribution is -2.42. The Balaban J connectivity index is 2.51. The van der Waals surface area contributed by atoms with E-state index in [2.05, 4.69) is 12.2 Å². The number of hydrogen-bond acceptors (Lipinski definition) is 4. The van der Waals surface area contributed by atoms with Crippen molar-refractivity contribution in [1.82, 2.24) is 5.32 Å². The monoisotopic (exact) mass is 235 g/mol. The molecule has 0 aliphatic carbocycles. The highest BCUT2D eigenvalue weighted by Crippen LogP contribution is 2.17. The zero-order valence-electron chi connectivity index (χ0n) is 9.53. The SMILES string of the molecule is CCCNC(CS(C)(=O)=O)C1CCOC1. The van der Waals surface area contributed by atoms with Gasteiger partial charge in [0.2, 0.25) is 0 Å². The van der Waals surface area contributed by atoms with Crippen LogP contribution in [0, 0.1) is 5.92 Å². The predicted octanol–water partition coefficient (Wildman–Crippen LogP) is 0.436. The molecule has 0 spiro atoms. The molecule has 5 heteroatoms. The van der Waals surface area contributed by atoms with Crippen molar-refractivity contribution in [3.63, 3.8) is 0 Å². The third-order valence-corrected chi connectivity index (χ3v) is 3.64. The average molecular weight is 235 g/mol. The Kier molecular flexibility index (Phi) is 5.02. The molecule has 15 heavy (non-hydrogen) atoms. The molecule has 1 rings (SSSR count). The number of rotatable bonds is 6. The van der Waals surface area contributed by atoms with Gasteiger partial charge in [0.1, 0.15) is 9.84 Å². The fourth-order valence-electron chi connectivity index (χ4n) is 1.89. The van der Waals surface area contributed by atoms with Crippen molar-refractivity contribution in [3.8, 4) is 0 Å². The fraction of sp³-hybridized carbons (Fsp3) is 1.00. The molecule has 2 atom stereocenters. The van der Waals surface area contributed by atoms with E-state index < -0.39 is 9.84 Å². The van der Waals surface area contributed by atoms with Gasteiger partial charge in [-0.2, -0.15) is 0 Å². The third kappa shape index (κ3) is 4.95. The Labute approximate surface area is 92.3 Å². The van der Waals surface area contributed by atoms with E-state index in [0.29, 0.717) is 12.5 Å². The third-order valence-electron chi connectivity index (χ3n) is 2.67. The van der Waals surface area contributed by atoms with Crippen LogP contribution in [0.2, 0.25) is 0 Å². The van der Waals surface area contributed by atoms with Crippen molar-refractivity contribution in [3.05, 3.63) is 0 Å². The van der Waals surface area contributed by atoms with Gasteiger partial charge in [-0.3, -0.25) is 0 Å². The molecule has 4 nitrogen and oxygen atoms in total. The summed E-state index contributed by atoms with van der Waals surface area (Å²) in [6.45, 7) is 4.40. The predicted molar refractivity (Wildman–Crippen MR) is 60.7 cm³/mol. The molecule has 2 unspecified atom stereocenters. The topological polar surface area (TPSA) is 55.4 Å². The molecular formula is C10H21NO3S. The van der Waals surface area contributed by atoms with Gasteiger partial charge < -0.3 is 10.1 Å². The lowest BCUT2D eigenvalue weighted by atomic mass is 10.0. The first kappa shape index (κ1) is 12.9. The normalized spacial score (nSPS) is 24.3. The molecule has 1 aliphatic rings. The second kappa shape index (κ2) is 5.82. The Morgan fingerprint density at radius 3 is 2.73 bits per heavy atom. The highest BCUT2D eigenvalue weighted by Gasteiger charge is 2.27. The second-order valence-corrected chi connectivity index (χ2v) is 6.46. The summed E-state index contributed by atoms with van der Waals surface area (Å²) in [5.74, 6) is 0.576. The summed E-state index contributed by atoms with van der Waals surface area (Å²) in [5, 5.41) is 3.31. The van der Waals surface area contributed by atoms with Crippen LogP contribution in [0.5, 0.6) is 0 Å². The highest BCUT2D eigenvalue weighted by molar-refractivity contribution is 7.90. The first-order valence-electron chi connectivity index (χ1n) is 5.52. The number of ether oxygens (including phenoxy) is 1. The van der Waals surface area contributed by atoms with Crippen molar-refractivity contribution in [2.24, 2.45) is 5.92 Å². The van der Waals surface area contributed by atoms with Gasteiger partial charge in [0.15, 0.2) is 0 Å². The molecule has 90 valence electrons. The van der Waals surface area contributed by atoms with Crippen LogP contribution < -0.4 is 5.32 Å². The molecule has 0 saturated carbocycles. The summed E-state index contributed by atoms with van der Waals surface area (Å²) in [6, 6.07) is 0.0578. The number of nitrogens with one attached hydrogen (secondary N) is 1. The van der Waals surface area contributed by atoms with E-state index in [4.69, 9.17) is 4.74 Å². The molecular weight excluding hydrogens is 214 g/mol. The molecule has 0 amide bonds. The van der Waals surface area contributed by atoms with Gasteiger partial charge in [-0.15, -0.1) is 0 Å². The molecule has 1 fully saturated rings. The smallest absolute Gasteiger partial charge is 0.148 e. The summed E-state index contributed by atoms with van der Waals surface area (Å²) < 4.78 is 27.9. The van der Waals surface area contributed by atoms with Gasteiger partial charge in [0, 0.05) is 24.8 Å². The van der Waals surface area contributed by atoms with E-state index in [1.54, 1.807) is 0 Å². The number of hydrogen-bond donors (Lipinski definition) is 1. The minimum Gasteiger partial charge on any atom is -0.381 e. The van der Waals surface area contributed by atoms with Crippen LogP contribution in [0.3, 0.4) is 0 Å². The quantitative estimate of drug-likeness (QED) is 0.725. The minimum absolute atomic E-state index is 0.0578. The average Bonchev–Trinajstić information content (AvgIpc) is 2.63. The molecule has 1 heterocycles. The second-order valence-electron chi connectivity index (χ2n) is 4.28. The van der Waals surface area contributed by atoms with E-state index in [0.717, 1.165) is 26.0 Å². The van der Waals surface area contributed by atoms with Crippen LogP contribution in [-0.4, -0.2) is 46.2 Å². The largest absolute Gasteiger partial charge is 0.381 e. The van der Waals surface area contributed by atoms with Crippen molar-refractivity contribution >= 4 is 9.84 Å². The molecule has 0 radical (unpaired) electrons. The van der Waals surface area contributed by atoms with Gasteiger partial charge in [-0.25, -0.2) is 8.42 Å². The van der Waals surface area contributed by atoms with Gasteiger partial charge in [0.25, 0.3) is 0 Å². The van der Waals surface area contributed by atoms with Crippen LogP contribution in [0.1, 0.15) is 19.8 Å². The lowest BCUT2D eigenvalue weighted by molar-refractivity contribution is 0.178. The molecule has 1 aliphatic heterocycles.